The highest BCUT2D eigenvalue weighted by Gasteiger charge is 2.34. The summed E-state index contributed by atoms with van der Waals surface area (Å²) in [6.07, 6.45) is 4.92. The van der Waals surface area contributed by atoms with Crippen LogP contribution in [-0.4, -0.2) is 50.3 Å². The third-order valence-electron chi connectivity index (χ3n) is 4.93. The van der Waals surface area contributed by atoms with E-state index in [9.17, 15) is 18.8 Å². The number of aromatic nitrogens is 2. The fraction of sp³-hybridized carbons (Fsp3) is 0.167. The van der Waals surface area contributed by atoms with E-state index in [4.69, 9.17) is 0 Å². The lowest BCUT2D eigenvalue weighted by molar-refractivity contribution is -0.123. The first-order valence-electron chi connectivity index (χ1n) is 10.5. The molecular formula is C24H21FN4O3S2. The molecule has 34 heavy (non-hydrogen) atoms. The van der Waals surface area contributed by atoms with Crippen LogP contribution in [0.1, 0.15) is 11.1 Å². The normalized spacial score (nSPS) is 14.7. The number of imide groups is 1. The molecule has 7 nitrogen and oxygen atoms in total. The van der Waals surface area contributed by atoms with Crippen molar-refractivity contribution in [2.75, 3.05) is 18.8 Å². The van der Waals surface area contributed by atoms with Gasteiger partial charge in [-0.25, -0.2) is 9.37 Å². The molecule has 0 atom stereocenters. The Labute approximate surface area is 204 Å². The van der Waals surface area contributed by atoms with Gasteiger partial charge in [-0.1, -0.05) is 60.3 Å². The molecule has 1 aliphatic heterocycles. The van der Waals surface area contributed by atoms with Gasteiger partial charge in [0, 0.05) is 37.6 Å². The van der Waals surface area contributed by atoms with Crippen LogP contribution in [0.15, 0.2) is 77.1 Å². The van der Waals surface area contributed by atoms with Crippen LogP contribution in [0.5, 0.6) is 0 Å². The van der Waals surface area contributed by atoms with E-state index in [1.54, 1.807) is 18.3 Å². The SMILES string of the molecule is O=C(CSc1nccn1Cc1ccccc1)NCCN1C(=O)S/C(=C\c2ccccc2F)C1=O. The van der Waals surface area contributed by atoms with Gasteiger partial charge in [-0.05, 0) is 29.5 Å². The molecule has 2 aromatic carbocycles. The van der Waals surface area contributed by atoms with E-state index >= 15 is 0 Å². The topological polar surface area (TPSA) is 84.3 Å². The van der Waals surface area contributed by atoms with E-state index in [2.05, 4.69) is 10.3 Å². The molecule has 0 spiro atoms. The van der Waals surface area contributed by atoms with Gasteiger partial charge in [0.25, 0.3) is 11.1 Å². The van der Waals surface area contributed by atoms with Crippen LogP contribution in [0.25, 0.3) is 6.08 Å². The van der Waals surface area contributed by atoms with E-state index in [1.165, 1.54) is 30.0 Å². The minimum atomic E-state index is -0.496. The molecule has 1 aromatic heterocycles. The van der Waals surface area contributed by atoms with Gasteiger partial charge in [0.15, 0.2) is 5.16 Å². The van der Waals surface area contributed by atoms with Crippen LogP contribution in [0, 0.1) is 5.82 Å². The summed E-state index contributed by atoms with van der Waals surface area (Å²) < 4.78 is 15.8. The molecule has 3 aromatic rings. The lowest BCUT2D eigenvalue weighted by atomic mass is 10.2. The molecule has 174 valence electrons. The zero-order chi connectivity index (χ0) is 23.9. The van der Waals surface area contributed by atoms with Crippen LogP contribution in [0.4, 0.5) is 9.18 Å². The zero-order valence-electron chi connectivity index (χ0n) is 18.0. The van der Waals surface area contributed by atoms with Gasteiger partial charge in [0.2, 0.25) is 5.91 Å². The number of nitrogens with one attached hydrogen (secondary N) is 1. The Kier molecular flexibility index (Phi) is 7.81. The van der Waals surface area contributed by atoms with Crippen LogP contribution < -0.4 is 5.32 Å². The third-order valence-corrected chi connectivity index (χ3v) is 6.84. The summed E-state index contributed by atoms with van der Waals surface area (Å²) in [5.41, 5.74) is 1.37. The number of imidazole rings is 1. The molecular weight excluding hydrogens is 475 g/mol. The predicted molar refractivity (Wildman–Crippen MR) is 131 cm³/mol. The number of carbonyl (C=O) groups excluding carboxylic acids is 3. The Bertz CT molecular complexity index is 1230. The highest BCUT2D eigenvalue weighted by atomic mass is 32.2. The smallest absolute Gasteiger partial charge is 0.293 e. The summed E-state index contributed by atoms with van der Waals surface area (Å²) in [6.45, 7) is 0.825. The van der Waals surface area contributed by atoms with Crippen molar-refractivity contribution in [1.82, 2.24) is 19.8 Å². The Morgan fingerprint density at radius 3 is 2.68 bits per heavy atom. The Morgan fingerprint density at radius 2 is 1.88 bits per heavy atom. The van der Waals surface area contributed by atoms with Crippen LogP contribution in [0.2, 0.25) is 0 Å². The van der Waals surface area contributed by atoms with E-state index < -0.39 is 17.0 Å². The molecule has 10 heteroatoms. The van der Waals surface area contributed by atoms with Gasteiger partial charge < -0.3 is 9.88 Å². The molecule has 0 bridgehead atoms. The number of nitrogens with zero attached hydrogens (tertiary/aromatic N) is 3. The molecule has 1 saturated heterocycles. The number of thioether (sulfide) groups is 2. The van der Waals surface area contributed by atoms with Crippen LogP contribution >= 0.6 is 23.5 Å². The number of benzene rings is 2. The molecule has 0 saturated carbocycles. The van der Waals surface area contributed by atoms with Gasteiger partial charge in [0.05, 0.1) is 10.7 Å². The summed E-state index contributed by atoms with van der Waals surface area (Å²) in [4.78, 5) is 42.6. The summed E-state index contributed by atoms with van der Waals surface area (Å²) in [5, 5.41) is 3.00. The van der Waals surface area contributed by atoms with Gasteiger partial charge in [-0.3, -0.25) is 19.3 Å². The van der Waals surface area contributed by atoms with Crippen molar-refractivity contribution in [3.63, 3.8) is 0 Å². The van der Waals surface area contributed by atoms with Crippen LogP contribution in [0.3, 0.4) is 0 Å². The number of hydrogen-bond donors (Lipinski definition) is 1. The molecule has 1 fully saturated rings. The molecule has 3 amide bonds. The highest BCUT2D eigenvalue weighted by Crippen LogP contribution is 2.32. The summed E-state index contributed by atoms with van der Waals surface area (Å²) in [6, 6.07) is 16.0. The summed E-state index contributed by atoms with van der Waals surface area (Å²) in [7, 11) is 0. The highest BCUT2D eigenvalue weighted by molar-refractivity contribution is 8.18. The molecule has 1 N–H and O–H groups in total. The second-order valence-electron chi connectivity index (χ2n) is 7.32. The van der Waals surface area contributed by atoms with E-state index in [0.29, 0.717) is 6.54 Å². The lowest BCUT2D eigenvalue weighted by Crippen LogP contribution is -2.37. The number of carbonyl (C=O) groups is 3. The maximum absolute atomic E-state index is 13.8. The summed E-state index contributed by atoms with van der Waals surface area (Å²) >= 11 is 2.07. The average molecular weight is 497 g/mol. The fourth-order valence-electron chi connectivity index (χ4n) is 3.25. The minimum absolute atomic E-state index is 0.0400. The Balaban J connectivity index is 1.25. The monoisotopic (exact) mass is 496 g/mol. The maximum Gasteiger partial charge on any atom is 0.293 e. The number of hydrogen-bond acceptors (Lipinski definition) is 6. The Hall–Kier alpha value is -3.37. The number of rotatable bonds is 9. The largest absolute Gasteiger partial charge is 0.354 e. The fourth-order valence-corrected chi connectivity index (χ4v) is 4.90. The third kappa shape index (κ3) is 5.95. The second kappa shape index (κ2) is 11.2. The van der Waals surface area contributed by atoms with Gasteiger partial charge in [0.1, 0.15) is 5.82 Å². The zero-order valence-corrected chi connectivity index (χ0v) is 19.7. The van der Waals surface area contributed by atoms with E-state index in [0.717, 1.165) is 27.4 Å². The van der Waals surface area contributed by atoms with Crippen LogP contribution in [-0.2, 0) is 16.1 Å². The molecule has 2 heterocycles. The van der Waals surface area contributed by atoms with Crippen molar-refractivity contribution in [2.45, 2.75) is 11.7 Å². The van der Waals surface area contributed by atoms with E-state index in [-0.39, 0.29) is 35.2 Å². The standard InChI is InChI=1S/C24H21FN4O3S2/c25-19-9-5-4-8-18(19)14-20-22(31)29(24(32)34-20)13-11-26-21(30)16-33-23-27-10-12-28(23)15-17-6-2-1-3-7-17/h1-10,12,14H,11,13,15-16H2,(H,26,30)/b20-14-. The molecule has 0 aliphatic carbocycles. The van der Waals surface area contributed by atoms with Gasteiger partial charge in [-0.2, -0.15) is 0 Å². The van der Waals surface area contributed by atoms with E-state index in [1.807, 2.05) is 41.1 Å². The van der Waals surface area contributed by atoms with Crippen molar-refractivity contribution in [3.8, 4) is 0 Å². The van der Waals surface area contributed by atoms with Crippen molar-refractivity contribution in [1.29, 1.82) is 0 Å². The van der Waals surface area contributed by atoms with Crippen molar-refractivity contribution < 1.29 is 18.8 Å². The quantitative estimate of drug-likeness (QED) is 0.356. The number of halogens is 1. The Morgan fingerprint density at radius 1 is 1.12 bits per heavy atom. The van der Waals surface area contributed by atoms with Crippen molar-refractivity contribution in [3.05, 3.63) is 88.8 Å². The molecule has 0 radical (unpaired) electrons. The molecule has 4 rings (SSSR count). The lowest BCUT2D eigenvalue weighted by Gasteiger charge is -2.13. The second-order valence-corrected chi connectivity index (χ2v) is 9.25. The average Bonchev–Trinajstić information content (AvgIpc) is 3.38. The molecule has 1 aliphatic rings. The first kappa shape index (κ1) is 23.8. The first-order chi connectivity index (χ1) is 16.5. The predicted octanol–water partition coefficient (Wildman–Crippen LogP) is 4.02. The van der Waals surface area contributed by atoms with Gasteiger partial charge >= 0.3 is 0 Å². The molecule has 0 unspecified atom stereocenters. The van der Waals surface area contributed by atoms with Gasteiger partial charge in [-0.15, -0.1) is 0 Å². The summed E-state index contributed by atoms with van der Waals surface area (Å²) in [5.74, 6) is -1.04. The van der Waals surface area contributed by atoms with Crippen molar-refractivity contribution >= 4 is 46.7 Å². The first-order valence-corrected chi connectivity index (χ1v) is 12.3. The minimum Gasteiger partial charge on any atom is -0.354 e. The van der Waals surface area contributed by atoms with Crippen molar-refractivity contribution in [2.24, 2.45) is 0 Å². The maximum atomic E-state index is 13.8. The number of amides is 3.